The molecule has 1 saturated heterocycles. The number of halogens is 3. The number of alkyl halides is 3. The van der Waals surface area contributed by atoms with E-state index in [1.165, 1.54) is 23.4 Å². The molecule has 1 aromatic carbocycles. The van der Waals surface area contributed by atoms with Crippen molar-refractivity contribution in [1.82, 2.24) is 19.7 Å². The third kappa shape index (κ3) is 3.73. The first kappa shape index (κ1) is 16.4. The largest absolute Gasteiger partial charge is 0.416 e. The summed E-state index contributed by atoms with van der Waals surface area (Å²) in [4.78, 5) is 17.9. The van der Waals surface area contributed by atoms with E-state index in [1.54, 1.807) is 0 Å². The molecule has 1 aliphatic heterocycles. The summed E-state index contributed by atoms with van der Waals surface area (Å²) in [5.41, 5.74) is -0.447. The van der Waals surface area contributed by atoms with Gasteiger partial charge in [0.2, 0.25) is 5.91 Å². The lowest BCUT2D eigenvalue weighted by molar-refractivity contribution is -0.137. The van der Waals surface area contributed by atoms with Crippen LogP contribution in [0.2, 0.25) is 0 Å². The molecule has 0 atom stereocenters. The first-order valence-corrected chi connectivity index (χ1v) is 7.52. The monoisotopic (exact) mass is 339 g/mol. The Morgan fingerprint density at radius 1 is 1.25 bits per heavy atom. The van der Waals surface area contributed by atoms with Crippen molar-refractivity contribution in [1.29, 1.82) is 0 Å². The maximum atomic E-state index is 13.0. The molecule has 1 aliphatic rings. The van der Waals surface area contributed by atoms with Gasteiger partial charge in [0.1, 0.15) is 12.7 Å². The van der Waals surface area contributed by atoms with E-state index < -0.39 is 11.7 Å². The molecule has 6 nitrogen and oxygen atoms in total. The summed E-state index contributed by atoms with van der Waals surface area (Å²) >= 11 is 0. The number of likely N-dealkylation sites (tertiary alicyclic amines) is 1. The van der Waals surface area contributed by atoms with Crippen LogP contribution >= 0.6 is 0 Å². The summed E-state index contributed by atoms with van der Waals surface area (Å²) in [6.07, 6.45) is 0.198. The lowest BCUT2D eigenvalue weighted by Crippen LogP contribution is -2.31. The molecule has 1 N–H and O–H groups in total. The quantitative estimate of drug-likeness (QED) is 0.929. The zero-order chi connectivity index (χ0) is 17.2. The van der Waals surface area contributed by atoms with E-state index in [0.29, 0.717) is 5.69 Å². The van der Waals surface area contributed by atoms with Gasteiger partial charge in [-0.1, -0.05) is 0 Å². The van der Waals surface area contributed by atoms with Gasteiger partial charge in [-0.15, -0.1) is 0 Å². The summed E-state index contributed by atoms with van der Waals surface area (Å²) in [7, 11) is 0. The number of anilines is 1. The molecule has 24 heavy (non-hydrogen) atoms. The van der Waals surface area contributed by atoms with Gasteiger partial charge in [-0.2, -0.15) is 18.3 Å². The smallest absolute Gasteiger partial charge is 0.323 e. The minimum Gasteiger partial charge on any atom is -0.323 e. The Labute approximate surface area is 136 Å². The van der Waals surface area contributed by atoms with Crippen LogP contribution in [0, 0.1) is 0 Å². The Morgan fingerprint density at radius 3 is 2.62 bits per heavy atom. The maximum absolute atomic E-state index is 13.0. The number of amides is 1. The molecule has 3 rings (SSSR count). The molecule has 1 aromatic heterocycles. The van der Waals surface area contributed by atoms with Gasteiger partial charge < -0.3 is 5.32 Å². The minimum atomic E-state index is -4.49. The molecule has 0 spiro atoms. The van der Waals surface area contributed by atoms with Crippen LogP contribution in [0.25, 0.3) is 5.69 Å². The molecule has 0 unspecified atom stereocenters. The second-order valence-corrected chi connectivity index (χ2v) is 5.60. The number of aromatic nitrogens is 3. The van der Waals surface area contributed by atoms with Crippen LogP contribution < -0.4 is 5.32 Å². The molecule has 2 aromatic rings. The molecular weight excluding hydrogens is 323 g/mol. The Morgan fingerprint density at radius 2 is 2.00 bits per heavy atom. The van der Waals surface area contributed by atoms with Crippen LogP contribution in [0.15, 0.2) is 30.9 Å². The van der Waals surface area contributed by atoms with E-state index in [0.717, 1.165) is 38.1 Å². The summed E-state index contributed by atoms with van der Waals surface area (Å²) in [5, 5.41) is 6.48. The second-order valence-electron chi connectivity index (χ2n) is 5.60. The van der Waals surface area contributed by atoms with Gasteiger partial charge in [0.25, 0.3) is 0 Å². The second kappa shape index (κ2) is 6.60. The lowest BCUT2D eigenvalue weighted by Gasteiger charge is -2.17. The first-order valence-electron chi connectivity index (χ1n) is 7.52. The number of hydrogen-bond donors (Lipinski definition) is 1. The van der Waals surface area contributed by atoms with Gasteiger partial charge in [0, 0.05) is 0 Å². The van der Waals surface area contributed by atoms with Crippen molar-refractivity contribution in [3.05, 3.63) is 36.4 Å². The predicted molar refractivity (Wildman–Crippen MR) is 80.7 cm³/mol. The van der Waals surface area contributed by atoms with E-state index >= 15 is 0 Å². The van der Waals surface area contributed by atoms with Crippen LogP contribution in [0.1, 0.15) is 18.4 Å². The van der Waals surface area contributed by atoms with Crippen molar-refractivity contribution in [3.63, 3.8) is 0 Å². The van der Waals surface area contributed by atoms with Gasteiger partial charge >= 0.3 is 6.18 Å². The van der Waals surface area contributed by atoms with Crippen molar-refractivity contribution in [2.24, 2.45) is 0 Å². The Hall–Kier alpha value is -2.42. The highest BCUT2D eigenvalue weighted by molar-refractivity contribution is 5.94. The molecule has 0 saturated carbocycles. The molecule has 1 amide bonds. The van der Waals surface area contributed by atoms with Crippen molar-refractivity contribution < 1.29 is 18.0 Å². The van der Waals surface area contributed by atoms with Crippen LogP contribution in [0.5, 0.6) is 0 Å². The summed E-state index contributed by atoms with van der Waals surface area (Å²) < 4.78 is 40.2. The Balaban J connectivity index is 1.86. The summed E-state index contributed by atoms with van der Waals surface area (Å²) in [5.74, 6) is -0.349. The number of rotatable bonds is 4. The first-order chi connectivity index (χ1) is 11.4. The highest BCUT2D eigenvalue weighted by Crippen LogP contribution is 2.33. The number of hydrogen-bond acceptors (Lipinski definition) is 4. The number of benzene rings is 1. The van der Waals surface area contributed by atoms with E-state index in [4.69, 9.17) is 0 Å². The predicted octanol–water partition coefficient (Wildman–Crippen LogP) is 2.32. The summed E-state index contributed by atoms with van der Waals surface area (Å²) in [6.45, 7) is 1.81. The standard InChI is InChI=1S/C15H16F3N5O/c16-15(17,18)11-3-4-13(23-10-19-9-20-23)12(7-11)21-14(24)8-22-5-1-2-6-22/h3-4,7,9-10H,1-2,5-6,8H2,(H,21,24). The van der Waals surface area contributed by atoms with Crippen LogP contribution in [-0.4, -0.2) is 45.2 Å². The zero-order valence-corrected chi connectivity index (χ0v) is 12.8. The molecule has 2 heterocycles. The topological polar surface area (TPSA) is 63.1 Å². The highest BCUT2D eigenvalue weighted by Gasteiger charge is 2.31. The van der Waals surface area contributed by atoms with Crippen LogP contribution in [-0.2, 0) is 11.0 Å². The Bertz CT molecular complexity index is 708. The van der Waals surface area contributed by atoms with E-state index in [-0.39, 0.29) is 18.1 Å². The number of nitrogens with zero attached hydrogens (tertiary/aromatic N) is 4. The van der Waals surface area contributed by atoms with Gasteiger partial charge in [-0.05, 0) is 44.1 Å². The molecule has 1 fully saturated rings. The Kier molecular flexibility index (Phi) is 4.52. The SMILES string of the molecule is O=C(CN1CCCC1)Nc1cc(C(F)(F)F)ccc1-n1cncn1. The minimum absolute atomic E-state index is 0.0551. The average molecular weight is 339 g/mol. The molecule has 0 aliphatic carbocycles. The van der Waals surface area contributed by atoms with E-state index in [1.807, 2.05) is 4.90 Å². The maximum Gasteiger partial charge on any atom is 0.416 e. The average Bonchev–Trinajstić information content (AvgIpc) is 3.19. The fourth-order valence-corrected chi connectivity index (χ4v) is 2.68. The van der Waals surface area contributed by atoms with Crippen LogP contribution in [0.4, 0.5) is 18.9 Å². The fourth-order valence-electron chi connectivity index (χ4n) is 2.68. The van der Waals surface area contributed by atoms with Gasteiger partial charge in [0.15, 0.2) is 0 Å². The van der Waals surface area contributed by atoms with Crippen LogP contribution in [0.3, 0.4) is 0 Å². The third-order valence-corrected chi connectivity index (χ3v) is 3.83. The van der Waals surface area contributed by atoms with E-state index in [2.05, 4.69) is 15.4 Å². The summed E-state index contributed by atoms with van der Waals surface area (Å²) in [6, 6.07) is 3.13. The highest BCUT2D eigenvalue weighted by atomic mass is 19.4. The van der Waals surface area contributed by atoms with Gasteiger partial charge in [-0.3, -0.25) is 9.69 Å². The molecule has 128 valence electrons. The van der Waals surface area contributed by atoms with Crippen molar-refractivity contribution in [3.8, 4) is 5.69 Å². The normalized spacial score (nSPS) is 15.6. The van der Waals surface area contributed by atoms with Gasteiger partial charge in [-0.25, -0.2) is 9.67 Å². The number of carbonyl (C=O) groups excluding carboxylic acids is 1. The third-order valence-electron chi connectivity index (χ3n) is 3.83. The zero-order valence-electron chi connectivity index (χ0n) is 12.8. The number of nitrogens with one attached hydrogen (secondary N) is 1. The number of carbonyl (C=O) groups is 1. The molecular formula is C15H16F3N5O. The lowest BCUT2D eigenvalue weighted by atomic mass is 10.1. The van der Waals surface area contributed by atoms with E-state index in [9.17, 15) is 18.0 Å². The molecule has 0 bridgehead atoms. The van der Waals surface area contributed by atoms with Crippen molar-refractivity contribution in [2.75, 3.05) is 25.0 Å². The van der Waals surface area contributed by atoms with Crippen molar-refractivity contribution >= 4 is 11.6 Å². The molecule has 9 heteroatoms. The fraction of sp³-hybridized carbons (Fsp3) is 0.400. The van der Waals surface area contributed by atoms with Gasteiger partial charge in [0.05, 0.1) is 23.5 Å². The van der Waals surface area contributed by atoms with Crippen molar-refractivity contribution in [2.45, 2.75) is 19.0 Å². The molecule has 0 radical (unpaired) electrons.